The Kier molecular flexibility index (Phi) is 3.87. The van der Waals surface area contributed by atoms with Crippen LogP contribution in [0.15, 0.2) is 0 Å². The molecule has 0 aromatic heterocycles. The number of nitrogens with two attached hydrogens (primary N) is 1. The lowest BCUT2D eigenvalue weighted by atomic mass is 9.84. The predicted octanol–water partition coefficient (Wildman–Crippen LogP) is 2.19. The fourth-order valence-corrected chi connectivity index (χ4v) is 4.58. The highest BCUT2D eigenvalue weighted by atomic mass is 32.2. The summed E-state index contributed by atoms with van der Waals surface area (Å²) in [6.45, 7) is 10.5. The molecule has 0 aliphatic carbocycles. The quantitative estimate of drug-likeness (QED) is 0.805. The maximum absolute atomic E-state index is 6.09. The molecular formula is C13H26N2S. The van der Waals surface area contributed by atoms with Crippen LogP contribution in [0.1, 0.15) is 33.6 Å². The van der Waals surface area contributed by atoms with Crippen LogP contribution < -0.4 is 5.73 Å². The summed E-state index contributed by atoms with van der Waals surface area (Å²) in [6.07, 6.45) is 2.64. The van der Waals surface area contributed by atoms with Crippen LogP contribution in [-0.4, -0.2) is 41.1 Å². The highest BCUT2D eigenvalue weighted by Crippen LogP contribution is 2.40. The number of hydrogen-bond acceptors (Lipinski definition) is 3. The Balaban J connectivity index is 2.05. The zero-order chi connectivity index (χ0) is 11.8. The van der Waals surface area contributed by atoms with E-state index in [9.17, 15) is 0 Å². The Bertz CT molecular complexity index is 246. The third-order valence-corrected chi connectivity index (χ3v) is 6.13. The lowest BCUT2D eigenvalue weighted by Crippen LogP contribution is -2.58. The first-order valence-corrected chi connectivity index (χ1v) is 7.69. The Morgan fingerprint density at radius 1 is 1.31 bits per heavy atom. The molecule has 4 atom stereocenters. The molecule has 2 fully saturated rings. The van der Waals surface area contributed by atoms with Gasteiger partial charge in [0.1, 0.15) is 0 Å². The lowest BCUT2D eigenvalue weighted by molar-refractivity contribution is 0.0437. The number of hydrogen-bond donors (Lipinski definition) is 1. The van der Waals surface area contributed by atoms with Crippen molar-refractivity contribution < 1.29 is 0 Å². The van der Waals surface area contributed by atoms with Crippen molar-refractivity contribution in [3.8, 4) is 0 Å². The van der Waals surface area contributed by atoms with Crippen LogP contribution in [0, 0.1) is 11.8 Å². The molecule has 2 N–H and O–H groups in total. The van der Waals surface area contributed by atoms with Crippen LogP contribution in [0.4, 0.5) is 0 Å². The standard InChI is InChI=1S/C13H26N2S/c1-10-4-5-15(7-11(10)2)13(8-14)6-12(3)16-9-13/h10-12H,4-9,14H2,1-3H3. The molecular weight excluding hydrogens is 216 g/mol. The second kappa shape index (κ2) is 4.87. The zero-order valence-electron chi connectivity index (χ0n) is 10.9. The van der Waals surface area contributed by atoms with E-state index in [0.717, 1.165) is 23.6 Å². The fraction of sp³-hybridized carbons (Fsp3) is 1.00. The molecule has 2 rings (SSSR count). The topological polar surface area (TPSA) is 29.3 Å². The normalized spacial score (nSPS) is 46.1. The zero-order valence-corrected chi connectivity index (χ0v) is 11.7. The molecule has 2 nitrogen and oxygen atoms in total. The van der Waals surface area contributed by atoms with Gasteiger partial charge in [-0.05, 0) is 31.2 Å². The van der Waals surface area contributed by atoms with Crippen LogP contribution in [0.3, 0.4) is 0 Å². The van der Waals surface area contributed by atoms with Gasteiger partial charge in [-0.1, -0.05) is 20.8 Å². The number of nitrogens with zero attached hydrogens (tertiary/aromatic N) is 1. The van der Waals surface area contributed by atoms with Crippen LogP contribution >= 0.6 is 11.8 Å². The molecule has 2 saturated heterocycles. The van der Waals surface area contributed by atoms with E-state index in [1.807, 2.05) is 0 Å². The molecule has 0 aromatic rings. The molecule has 2 aliphatic heterocycles. The van der Waals surface area contributed by atoms with E-state index in [4.69, 9.17) is 5.73 Å². The number of piperidine rings is 1. The van der Waals surface area contributed by atoms with Gasteiger partial charge in [-0.2, -0.15) is 11.8 Å². The molecule has 0 bridgehead atoms. The molecule has 2 heterocycles. The van der Waals surface area contributed by atoms with E-state index >= 15 is 0 Å². The Labute approximate surface area is 104 Å². The summed E-state index contributed by atoms with van der Waals surface area (Å²) in [7, 11) is 0. The molecule has 3 heteroatoms. The van der Waals surface area contributed by atoms with E-state index in [1.165, 1.54) is 31.7 Å². The Morgan fingerprint density at radius 2 is 2.06 bits per heavy atom. The first-order valence-electron chi connectivity index (χ1n) is 6.64. The van der Waals surface area contributed by atoms with Gasteiger partial charge in [-0.25, -0.2) is 0 Å². The SMILES string of the molecule is CC1CC(CN)(N2CCC(C)C(C)C2)CS1. The van der Waals surface area contributed by atoms with Gasteiger partial charge in [0, 0.05) is 29.6 Å². The highest BCUT2D eigenvalue weighted by Gasteiger charge is 2.43. The van der Waals surface area contributed by atoms with Gasteiger partial charge in [0.15, 0.2) is 0 Å². The number of likely N-dealkylation sites (tertiary alicyclic amines) is 1. The molecule has 0 saturated carbocycles. The van der Waals surface area contributed by atoms with Gasteiger partial charge >= 0.3 is 0 Å². The van der Waals surface area contributed by atoms with Gasteiger partial charge in [0.2, 0.25) is 0 Å². The molecule has 94 valence electrons. The summed E-state index contributed by atoms with van der Waals surface area (Å²) in [4.78, 5) is 2.70. The predicted molar refractivity (Wildman–Crippen MR) is 72.8 cm³/mol. The van der Waals surface area contributed by atoms with Crippen molar-refractivity contribution >= 4 is 11.8 Å². The molecule has 0 spiro atoms. The molecule has 0 radical (unpaired) electrons. The monoisotopic (exact) mass is 242 g/mol. The van der Waals surface area contributed by atoms with Crippen molar-refractivity contribution in [3.63, 3.8) is 0 Å². The van der Waals surface area contributed by atoms with Gasteiger partial charge < -0.3 is 5.73 Å². The first-order chi connectivity index (χ1) is 7.57. The van der Waals surface area contributed by atoms with Crippen LogP contribution in [-0.2, 0) is 0 Å². The smallest absolute Gasteiger partial charge is 0.0432 e. The minimum atomic E-state index is 0.318. The highest BCUT2D eigenvalue weighted by molar-refractivity contribution is 8.00. The second-order valence-electron chi connectivity index (χ2n) is 5.94. The van der Waals surface area contributed by atoms with E-state index in [1.54, 1.807) is 0 Å². The van der Waals surface area contributed by atoms with Gasteiger partial charge in [0.25, 0.3) is 0 Å². The second-order valence-corrected chi connectivity index (χ2v) is 7.37. The summed E-state index contributed by atoms with van der Waals surface area (Å²) >= 11 is 2.10. The molecule has 4 unspecified atom stereocenters. The van der Waals surface area contributed by atoms with Crippen molar-refractivity contribution in [1.82, 2.24) is 4.90 Å². The van der Waals surface area contributed by atoms with E-state index in [0.29, 0.717) is 5.54 Å². The lowest BCUT2D eigenvalue weighted by Gasteiger charge is -2.46. The van der Waals surface area contributed by atoms with Crippen molar-refractivity contribution in [3.05, 3.63) is 0 Å². The van der Waals surface area contributed by atoms with Crippen molar-refractivity contribution in [1.29, 1.82) is 0 Å². The summed E-state index contributed by atoms with van der Waals surface area (Å²) in [5, 5.41) is 0.790. The van der Waals surface area contributed by atoms with Gasteiger partial charge in [-0.15, -0.1) is 0 Å². The third-order valence-electron chi connectivity index (χ3n) is 4.69. The fourth-order valence-electron chi connectivity index (χ4n) is 3.14. The van der Waals surface area contributed by atoms with Crippen LogP contribution in [0.2, 0.25) is 0 Å². The molecule has 16 heavy (non-hydrogen) atoms. The van der Waals surface area contributed by atoms with Crippen molar-refractivity contribution in [2.75, 3.05) is 25.4 Å². The van der Waals surface area contributed by atoms with Gasteiger partial charge in [0.05, 0.1) is 0 Å². The molecule has 0 amide bonds. The summed E-state index contributed by atoms with van der Waals surface area (Å²) in [5.41, 5.74) is 6.40. The first kappa shape index (κ1) is 12.7. The van der Waals surface area contributed by atoms with Gasteiger partial charge in [-0.3, -0.25) is 4.90 Å². The third kappa shape index (κ3) is 2.27. The summed E-state index contributed by atoms with van der Waals surface area (Å²) < 4.78 is 0. The van der Waals surface area contributed by atoms with Crippen molar-refractivity contribution in [2.45, 2.75) is 44.4 Å². The number of rotatable bonds is 2. The summed E-state index contributed by atoms with van der Waals surface area (Å²) in [6, 6.07) is 0. The molecule has 2 aliphatic rings. The average molecular weight is 242 g/mol. The average Bonchev–Trinajstić information content (AvgIpc) is 2.65. The van der Waals surface area contributed by atoms with E-state index < -0.39 is 0 Å². The van der Waals surface area contributed by atoms with E-state index in [2.05, 4.69) is 37.4 Å². The minimum absolute atomic E-state index is 0.318. The Hall–Kier alpha value is 0.270. The van der Waals surface area contributed by atoms with Crippen molar-refractivity contribution in [2.24, 2.45) is 17.6 Å². The molecule has 0 aromatic carbocycles. The van der Waals surface area contributed by atoms with E-state index in [-0.39, 0.29) is 0 Å². The largest absolute Gasteiger partial charge is 0.329 e. The maximum atomic E-state index is 6.09. The summed E-state index contributed by atoms with van der Waals surface area (Å²) in [5.74, 6) is 2.96. The maximum Gasteiger partial charge on any atom is 0.0432 e. The minimum Gasteiger partial charge on any atom is -0.329 e. The van der Waals surface area contributed by atoms with Crippen LogP contribution in [0.5, 0.6) is 0 Å². The number of thioether (sulfide) groups is 1. The Morgan fingerprint density at radius 3 is 2.56 bits per heavy atom. The van der Waals surface area contributed by atoms with Crippen LogP contribution in [0.25, 0.3) is 0 Å².